The number of rotatable bonds is 2. The number of aliphatic hydroxyl groups is 1. The van der Waals surface area contributed by atoms with E-state index < -0.39 is 0 Å². The molecule has 2 heterocycles. The first-order chi connectivity index (χ1) is 7.29. The van der Waals surface area contributed by atoms with Crippen LogP contribution in [0.2, 0.25) is 0 Å². The van der Waals surface area contributed by atoms with E-state index in [2.05, 4.69) is 35.1 Å². The Morgan fingerprint density at radius 2 is 2.53 bits per heavy atom. The average Bonchev–Trinajstić information content (AvgIpc) is 2.69. The molecule has 0 bridgehead atoms. The normalized spacial score (nSPS) is 20.5. The molecule has 1 aliphatic rings. The van der Waals surface area contributed by atoms with Crippen LogP contribution in [0, 0.1) is 11.8 Å². The van der Waals surface area contributed by atoms with Crippen LogP contribution in [0.25, 0.3) is 0 Å². The molecule has 0 aromatic carbocycles. The zero-order chi connectivity index (χ0) is 10.7. The number of likely N-dealkylation sites (tertiary alicyclic amines) is 1. The van der Waals surface area contributed by atoms with E-state index in [-0.39, 0.29) is 6.61 Å². The summed E-state index contributed by atoms with van der Waals surface area (Å²) < 4.78 is 0. The Kier molecular flexibility index (Phi) is 3.42. The van der Waals surface area contributed by atoms with Gasteiger partial charge in [-0.15, -0.1) is 11.3 Å². The van der Waals surface area contributed by atoms with Crippen molar-refractivity contribution in [3.05, 3.63) is 21.9 Å². The first-order valence-electron chi connectivity index (χ1n) is 5.21. The minimum Gasteiger partial charge on any atom is -0.384 e. The summed E-state index contributed by atoms with van der Waals surface area (Å²) >= 11 is 1.75. The summed E-state index contributed by atoms with van der Waals surface area (Å²) in [5.74, 6) is 5.59. The molecule has 1 aromatic rings. The minimum atomic E-state index is -0.0612. The molecule has 1 N–H and O–H groups in total. The topological polar surface area (TPSA) is 23.5 Å². The Labute approximate surface area is 94.5 Å². The smallest absolute Gasteiger partial charge is 0.104 e. The molecule has 15 heavy (non-hydrogen) atoms. The molecule has 0 amide bonds. The molecule has 1 saturated heterocycles. The van der Waals surface area contributed by atoms with E-state index in [0.29, 0.717) is 0 Å². The second-order valence-corrected chi connectivity index (χ2v) is 4.87. The molecule has 1 aromatic heterocycles. The van der Waals surface area contributed by atoms with Crippen molar-refractivity contribution < 1.29 is 5.11 Å². The molecule has 0 radical (unpaired) electrons. The van der Waals surface area contributed by atoms with Gasteiger partial charge in [0.15, 0.2) is 0 Å². The van der Waals surface area contributed by atoms with Crippen molar-refractivity contribution in [2.24, 2.45) is 0 Å². The molecular weight excluding hydrogens is 206 g/mol. The Morgan fingerprint density at radius 3 is 3.13 bits per heavy atom. The van der Waals surface area contributed by atoms with Gasteiger partial charge in [0.05, 0.1) is 0 Å². The lowest BCUT2D eigenvalue weighted by molar-refractivity contribution is 0.0972. The maximum Gasteiger partial charge on any atom is 0.104 e. The molecule has 2 rings (SSSR count). The number of thiophene rings is 1. The minimum absolute atomic E-state index is 0.0612. The van der Waals surface area contributed by atoms with Crippen LogP contribution in [-0.4, -0.2) is 29.2 Å². The van der Waals surface area contributed by atoms with Crippen molar-refractivity contribution in [1.29, 1.82) is 0 Å². The predicted octanol–water partition coefficient (Wildman–Crippen LogP) is 1.69. The quantitative estimate of drug-likeness (QED) is 0.768. The number of hydrogen-bond donors (Lipinski definition) is 1. The van der Waals surface area contributed by atoms with Crippen LogP contribution >= 0.6 is 11.3 Å². The largest absolute Gasteiger partial charge is 0.384 e. The van der Waals surface area contributed by atoms with E-state index in [9.17, 15) is 0 Å². The monoisotopic (exact) mass is 221 g/mol. The third kappa shape index (κ3) is 2.60. The number of hydrogen-bond acceptors (Lipinski definition) is 3. The van der Waals surface area contributed by atoms with E-state index in [1.54, 1.807) is 11.3 Å². The first kappa shape index (κ1) is 10.7. The molecule has 0 saturated carbocycles. The highest BCUT2D eigenvalue weighted by atomic mass is 32.1. The SMILES string of the molecule is CC1CCN1Cc1cc(C#CCO)cs1. The van der Waals surface area contributed by atoms with Crippen LogP contribution in [-0.2, 0) is 6.54 Å². The van der Waals surface area contributed by atoms with Crippen molar-refractivity contribution in [3.63, 3.8) is 0 Å². The standard InChI is InChI=1S/C12H15NOS/c1-10-4-5-13(10)8-12-7-11(9-15-12)3-2-6-14/h7,9-10,14H,4-6,8H2,1H3. The average molecular weight is 221 g/mol. The van der Waals surface area contributed by atoms with Crippen molar-refractivity contribution in [1.82, 2.24) is 4.90 Å². The fourth-order valence-corrected chi connectivity index (χ4v) is 2.52. The first-order valence-corrected chi connectivity index (χ1v) is 6.09. The lowest BCUT2D eigenvalue weighted by Gasteiger charge is -2.38. The highest BCUT2D eigenvalue weighted by molar-refractivity contribution is 7.10. The Morgan fingerprint density at radius 1 is 1.67 bits per heavy atom. The summed E-state index contributed by atoms with van der Waals surface area (Å²) in [6, 6.07) is 2.86. The van der Waals surface area contributed by atoms with Gasteiger partial charge in [-0.1, -0.05) is 11.8 Å². The zero-order valence-corrected chi connectivity index (χ0v) is 9.68. The highest BCUT2D eigenvalue weighted by Crippen LogP contribution is 2.23. The summed E-state index contributed by atoms with van der Waals surface area (Å²) in [6.07, 6.45) is 1.32. The van der Waals surface area contributed by atoms with Crippen LogP contribution in [0.3, 0.4) is 0 Å². The summed E-state index contributed by atoms with van der Waals surface area (Å²) in [7, 11) is 0. The van der Waals surface area contributed by atoms with Gasteiger partial charge in [0.25, 0.3) is 0 Å². The summed E-state index contributed by atoms with van der Waals surface area (Å²) in [5.41, 5.74) is 1.03. The van der Waals surface area contributed by atoms with Crippen LogP contribution in [0.5, 0.6) is 0 Å². The fourth-order valence-electron chi connectivity index (χ4n) is 1.68. The van der Waals surface area contributed by atoms with Crippen molar-refractivity contribution >= 4 is 11.3 Å². The van der Waals surface area contributed by atoms with Gasteiger partial charge in [-0.3, -0.25) is 4.90 Å². The number of nitrogens with zero attached hydrogens (tertiary/aromatic N) is 1. The van der Waals surface area contributed by atoms with E-state index in [4.69, 9.17) is 5.11 Å². The fraction of sp³-hybridized carbons (Fsp3) is 0.500. The van der Waals surface area contributed by atoms with E-state index in [1.165, 1.54) is 17.8 Å². The molecule has 0 spiro atoms. The van der Waals surface area contributed by atoms with Crippen LogP contribution < -0.4 is 0 Å². The molecule has 1 aliphatic heterocycles. The van der Waals surface area contributed by atoms with E-state index in [0.717, 1.165) is 18.2 Å². The second-order valence-electron chi connectivity index (χ2n) is 3.87. The van der Waals surface area contributed by atoms with Gasteiger partial charge in [0, 0.05) is 35.0 Å². The molecule has 1 fully saturated rings. The summed E-state index contributed by atoms with van der Waals surface area (Å²) in [5, 5.41) is 10.6. The Hall–Kier alpha value is -0.820. The van der Waals surface area contributed by atoms with Gasteiger partial charge in [0.1, 0.15) is 6.61 Å². The van der Waals surface area contributed by atoms with Gasteiger partial charge < -0.3 is 5.11 Å². The third-order valence-corrected chi connectivity index (χ3v) is 3.70. The molecule has 1 atom stereocenters. The highest BCUT2D eigenvalue weighted by Gasteiger charge is 2.23. The van der Waals surface area contributed by atoms with Gasteiger partial charge in [-0.05, 0) is 19.4 Å². The van der Waals surface area contributed by atoms with E-state index in [1.807, 2.05) is 0 Å². The molecule has 3 heteroatoms. The molecular formula is C12H15NOS. The molecule has 1 unspecified atom stereocenters. The van der Waals surface area contributed by atoms with Gasteiger partial charge in [-0.25, -0.2) is 0 Å². The van der Waals surface area contributed by atoms with Crippen LogP contribution in [0.15, 0.2) is 11.4 Å². The maximum atomic E-state index is 8.58. The second kappa shape index (κ2) is 4.80. The van der Waals surface area contributed by atoms with Gasteiger partial charge in [-0.2, -0.15) is 0 Å². The van der Waals surface area contributed by atoms with Gasteiger partial charge in [0.2, 0.25) is 0 Å². The van der Waals surface area contributed by atoms with E-state index >= 15 is 0 Å². The Balaban J connectivity index is 1.95. The third-order valence-electron chi connectivity index (χ3n) is 2.78. The van der Waals surface area contributed by atoms with Crippen molar-refractivity contribution in [2.75, 3.05) is 13.2 Å². The zero-order valence-electron chi connectivity index (χ0n) is 8.86. The summed E-state index contributed by atoms with van der Waals surface area (Å²) in [6.45, 7) is 4.47. The molecule has 2 nitrogen and oxygen atoms in total. The van der Waals surface area contributed by atoms with Gasteiger partial charge >= 0.3 is 0 Å². The van der Waals surface area contributed by atoms with Crippen LogP contribution in [0.4, 0.5) is 0 Å². The molecule has 0 aliphatic carbocycles. The predicted molar refractivity (Wildman–Crippen MR) is 62.8 cm³/mol. The summed E-state index contributed by atoms with van der Waals surface area (Å²) in [4.78, 5) is 3.83. The molecule has 80 valence electrons. The van der Waals surface area contributed by atoms with Crippen LogP contribution in [0.1, 0.15) is 23.8 Å². The number of aliphatic hydroxyl groups excluding tert-OH is 1. The van der Waals surface area contributed by atoms with Crippen molar-refractivity contribution in [2.45, 2.75) is 25.9 Å². The van der Waals surface area contributed by atoms with Crippen molar-refractivity contribution in [3.8, 4) is 11.8 Å². The lowest BCUT2D eigenvalue weighted by Crippen LogP contribution is -2.44. The lowest BCUT2D eigenvalue weighted by atomic mass is 10.1. The Bertz CT molecular complexity index is 388. The maximum absolute atomic E-state index is 8.58.